The van der Waals surface area contributed by atoms with Gasteiger partial charge in [-0.05, 0) is 42.7 Å². The van der Waals surface area contributed by atoms with Crippen molar-refractivity contribution in [1.29, 1.82) is 0 Å². The van der Waals surface area contributed by atoms with Gasteiger partial charge in [0.2, 0.25) is 0 Å². The number of guanidine groups is 1. The van der Waals surface area contributed by atoms with E-state index in [4.69, 9.17) is 0 Å². The molecule has 1 N–H and O–H groups in total. The Morgan fingerprint density at radius 3 is 2.68 bits per heavy atom. The molecule has 108 valence electrons. The number of likely N-dealkylation sites (tertiary alicyclic amines) is 1. The van der Waals surface area contributed by atoms with Gasteiger partial charge in [0.25, 0.3) is 0 Å². The minimum Gasteiger partial charge on any atom is -0.351 e. The molecule has 1 aromatic heterocycles. The molecule has 19 heavy (non-hydrogen) atoms. The van der Waals surface area contributed by atoms with Crippen molar-refractivity contribution in [3.63, 3.8) is 0 Å². The fourth-order valence-corrected chi connectivity index (χ4v) is 3.14. The van der Waals surface area contributed by atoms with Crippen molar-refractivity contribution in [2.24, 2.45) is 10.9 Å². The zero-order valence-corrected chi connectivity index (χ0v) is 15.1. The van der Waals surface area contributed by atoms with E-state index in [2.05, 4.69) is 40.5 Å². The summed E-state index contributed by atoms with van der Waals surface area (Å²) in [5, 5.41) is 5.63. The summed E-state index contributed by atoms with van der Waals surface area (Å²) in [5.74, 6) is 1.91. The highest BCUT2D eigenvalue weighted by atomic mass is 127. The number of halogens is 1. The molecule has 0 aromatic carbocycles. The van der Waals surface area contributed by atoms with E-state index in [1.54, 1.807) is 0 Å². The molecule has 1 saturated heterocycles. The Morgan fingerprint density at radius 1 is 1.47 bits per heavy atom. The van der Waals surface area contributed by atoms with Crippen molar-refractivity contribution in [2.45, 2.75) is 33.2 Å². The van der Waals surface area contributed by atoms with Gasteiger partial charge in [-0.1, -0.05) is 6.92 Å². The van der Waals surface area contributed by atoms with Crippen LogP contribution in [-0.4, -0.2) is 31.0 Å². The molecule has 0 spiro atoms. The number of nitrogens with one attached hydrogen (secondary N) is 1. The first-order valence-electron chi connectivity index (χ1n) is 6.69. The number of nitrogens with zero attached hydrogens (tertiary/aromatic N) is 2. The largest absolute Gasteiger partial charge is 0.351 e. The fraction of sp³-hybridized carbons (Fsp3) is 0.643. The molecule has 2 heterocycles. The van der Waals surface area contributed by atoms with Crippen LogP contribution in [0.2, 0.25) is 0 Å². The summed E-state index contributed by atoms with van der Waals surface area (Å²) in [6, 6.07) is 2.17. The van der Waals surface area contributed by atoms with Gasteiger partial charge in [0, 0.05) is 25.0 Å². The van der Waals surface area contributed by atoms with Crippen LogP contribution in [0.5, 0.6) is 0 Å². The summed E-state index contributed by atoms with van der Waals surface area (Å²) in [6.45, 7) is 7.65. The third kappa shape index (κ3) is 4.63. The summed E-state index contributed by atoms with van der Waals surface area (Å²) in [4.78, 5) is 8.18. The number of hydrogen-bond donors (Lipinski definition) is 1. The molecule has 0 aliphatic carbocycles. The second-order valence-electron chi connectivity index (χ2n) is 5.10. The minimum absolute atomic E-state index is 0. The lowest BCUT2D eigenvalue weighted by atomic mass is 10.00. The Morgan fingerprint density at radius 2 is 2.16 bits per heavy atom. The second-order valence-corrected chi connectivity index (χ2v) is 6.10. The average Bonchev–Trinajstić information content (AvgIpc) is 2.78. The molecule has 2 rings (SSSR count). The van der Waals surface area contributed by atoms with E-state index in [1.807, 2.05) is 18.4 Å². The lowest BCUT2D eigenvalue weighted by Crippen LogP contribution is -2.45. The summed E-state index contributed by atoms with van der Waals surface area (Å²) in [5.41, 5.74) is 1.37. The summed E-state index contributed by atoms with van der Waals surface area (Å²) in [7, 11) is 1.88. The van der Waals surface area contributed by atoms with Crippen LogP contribution in [-0.2, 0) is 6.54 Å². The van der Waals surface area contributed by atoms with Crippen molar-refractivity contribution in [1.82, 2.24) is 10.2 Å². The lowest BCUT2D eigenvalue weighted by molar-refractivity contribution is 0.273. The Bertz CT molecular complexity index is 409. The molecule has 0 radical (unpaired) electrons. The molecule has 1 aliphatic heterocycles. The number of thiophene rings is 1. The van der Waals surface area contributed by atoms with Crippen molar-refractivity contribution in [2.75, 3.05) is 20.1 Å². The van der Waals surface area contributed by atoms with Crippen LogP contribution in [0.15, 0.2) is 16.4 Å². The van der Waals surface area contributed by atoms with Crippen molar-refractivity contribution < 1.29 is 0 Å². The highest BCUT2D eigenvalue weighted by Gasteiger charge is 2.18. The molecular weight excluding hydrogens is 369 g/mol. The van der Waals surface area contributed by atoms with Gasteiger partial charge in [-0.25, -0.2) is 0 Å². The molecule has 0 amide bonds. The SMILES string of the molecule is CN=C(NCc1sccc1C)N1CCC(C)CC1.I. The van der Waals surface area contributed by atoms with E-state index in [9.17, 15) is 0 Å². The van der Waals surface area contributed by atoms with Crippen molar-refractivity contribution in [3.8, 4) is 0 Å². The first kappa shape index (κ1) is 16.8. The second kappa shape index (κ2) is 8.09. The summed E-state index contributed by atoms with van der Waals surface area (Å²) < 4.78 is 0. The number of aryl methyl sites for hydroxylation is 1. The smallest absolute Gasteiger partial charge is 0.193 e. The van der Waals surface area contributed by atoms with E-state index in [0.717, 1.165) is 31.5 Å². The van der Waals surface area contributed by atoms with Crippen LogP contribution in [0, 0.1) is 12.8 Å². The Balaban J connectivity index is 0.00000180. The van der Waals surface area contributed by atoms with Crippen LogP contribution in [0.3, 0.4) is 0 Å². The average molecular weight is 393 g/mol. The number of aliphatic imine (C=N–C) groups is 1. The van der Waals surface area contributed by atoms with Gasteiger partial charge in [-0.15, -0.1) is 35.3 Å². The molecule has 0 saturated carbocycles. The molecule has 1 fully saturated rings. The monoisotopic (exact) mass is 393 g/mol. The highest BCUT2D eigenvalue weighted by molar-refractivity contribution is 14.0. The van der Waals surface area contributed by atoms with E-state index in [0.29, 0.717) is 0 Å². The zero-order valence-electron chi connectivity index (χ0n) is 12.0. The predicted octanol–water partition coefficient (Wildman–Crippen LogP) is 3.48. The van der Waals surface area contributed by atoms with E-state index in [-0.39, 0.29) is 24.0 Å². The highest BCUT2D eigenvalue weighted by Crippen LogP contribution is 2.17. The third-order valence-corrected chi connectivity index (χ3v) is 4.69. The predicted molar refractivity (Wildman–Crippen MR) is 94.6 cm³/mol. The number of hydrogen-bond acceptors (Lipinski definition) is 2. The van der Waals surface area contributed by atoms with Gasteiger partial charge in [0.15, 0.2) is 5.96 Å². The summed E-state index contributed by atoms with van der Waals surface area (Å²) >= 11 is 1.81. The molecule has 1 aromatic rings. The van der Waals surface area contributed by atoms with Crippen LogP contribution >= 0.6 is 35.3 Å². The topological polar surface area (TPSA) is 27.6 Å². The van der Waals surface area contributed by atoms with Crippen LogP contribution < -0.4 is 5.32 Å². The standard InChI is InChI=1S/C14H23N3S.HI/c1-11-4-7-17(8-5-11)14(15-3)16-10-13-12(2)6-9-18-13;/h6,9,11H,4-5,7-8,10H2,1-3H3,(H,15,16);1H. The van der Waals surface area contributed by atoms with E-state index >= 15 is 0 Å². The Hall–Kier alpha value is -0.300. The fourth-order valence-electron chi connectivity index (χ4n) is 2.30. The quantitative estimate of drug-likeness (QED) is 0.473. The van der Waals surface area contributed by atoms with Gasteiger partial charge in [0.1, 0.15) is 0 Å². The third-order valence-electron chi connectivity index (χ3n) is 3.67. The molecule has 0 bridgehead atoms. The van der Waals surface area contributed by atoms with Crippen molar-refractivity contribution >= 4 is 41.3 Å². The molecule has 5 heteroatoms. The molecular formula is C14H24IN3S. The van der Waals surface area contributed by atoms with Crippen LogP contribution in [0.1, 0.15) is 30.2 Å². The van der Waals surface area contributed by atoms with E-state index in [1.165, 1.54) is 23.3 Å². The minimum atomic E-state index is 0. The number of rotatable bonds is 2. The molecule has 0 atom stereocenters. The Kier molecular flexibility index (Phi) is 7.13. The zero-order chi connectivity index (χ0) is 13.0. The molecule has 1 aliphatic rings. The molecule has 3 nitrogen and oxygen atoms in total. The van der Waals surface area contributed by atoms with E-state index < -0.39 is 0 Å². The Labute approximate surface area is 137 Å². The van der Waals surface area contributed by atoms with Crippen molar-refractivity contribution in [3.05, 3.63) is 21.9 Å². The lowest BCUT2D eigenvalue weighted by Gasteiger charge is -2.32. The summed E-state index contributed by atoms with van der Waals surface area (Å²) in [6.07, 6.45) is 2.55. The maximum atomic E-state index is 4.40. The first-order valence-corrected chi connectivity index (χ1v) is 7.57. The van der Waals surface area contributed by atoms with Crippen LogP contribution in [0.4, 0.5) is 0 Å². The van der Waals surface area contributed by atoms with Gasteiger partial charge >= 0.3 is 0 Å². The van der Waals surface area contributed by atoms with Gasteiger partial charge in [0.05, 0.1) is 6.54 Å². The van der Waals surface area contributed by atoms with Crippen LogP contribution in [0.25, 0.3) is 0 Å². The molecule has 0 unspecified atom stereocenters. The van der Waals surface area contributed by atoms with Gasteiger partial charge in [-0.2, -0.15) is 0 Å². The maximum Gasteiger partial charge on any atom is 0.193 e. The van der Waals surface area contributed by atoms with Gasteiger partial charge in [-0.3, -0.25) is 4.99 Å². The normalized spacial score (nSPS) is 17.2. The number of piperidine rings is 1. The van der Waals surface area contributed by atoms with Gasteiger partial charge < -0.3 is 10.2 Å². The first-order chi connectivity index (χ1) is 8.70. The maximum absolute atomic E-state index is 4.40.